The molecule has 216 valence electrons. The van der Waals surface area contributed by atoms with Crippen molar-refractivity contribution in [2.75, 3.05) is 40.4 Å². The van der Waals surface area contributed by atoms with E-state index in [1.54, 1.807) is 0 Å². The highest BCUT2D eigenvalue weighted by Gasteiger charge is 2.37. The van der Waals surface area contributed by atoms with E-state index < -0.39 is 67.2 Å². The molecular formula is C24H33F3N4O6SSi. The van der Waals surface area contributed by atoms with Crippen molar-refractivity contribution in [2.45, 2.75) is 50.4 Å². The molecule has 1 aromatic heterocycles. The molecule has 15 heteroatoms. The van der Waals surface area contributed by atoms with Crippen molar-refractivity contribution in [2.24, 2.45) is 0 Å². The number of amides is 1. The van der Waals surface area contributed by atoms with Crippen molar-refractivity contribution in [3.05, 3.63) is 52.4 Å². The number of benzene rings is 1. The van der Waals surface area contributed by atoms with E-state index in [4.69, 9.17) is 5.11 Å². The number of nitrogens with one attached hydrogen (secondary N) is 2. The Bertz CT molecular complexity index is 1340. The molecule has 0 bridgehead atoms. The van der Waals surface area contributed by atoms with Crippen molar-refractivity contribution in [1.29, 1.82) is 0 Å². The molecular weight excluding hydrogens is 557 g/mol. The lowest BCUT2D eigenvalue weighted by Gasteiger charge is -2.38. The maximum Gasteiger partial charge on any atom is 0.414 e. The second kappa shape index (κ2) is 12.1. The van der Waals surface area contributed by atoms with Crippen molar-refractivity contribution in [1.82, 2.24) is 4.57 Å². The standard InChI is InChI=1S/C24H33F3N4O6SSi/c1-39(2)14-10-30(11-15-39)20-16-17(29-38(36,37)13-12-32)5-6-18(20)22(34)28-19-4-3-8-31(23(19)35)9-7-21(33)24(25,26)27/h3-6,8,16,21,29,32-33H,7,9-15H2,1-2H3,(H,28,34)/t21-/m1/s1. The van der Waals surface area contributed by atoms with Crippen molar-refractivity contribution in [3.8, 4) is 0 Å². The summed E-state index contributed by atoms with van der Waals surface area (Å²) in [6.07, 6.45) is -6.86. The van der Waals surface area contributed by atoms with E-state index in [-0.39, 0.29) is 16.9 Å². The molecule has 10 nitrogen and oxygen atoms in total. The highest BCUT2D eigenvalue weighted by molar-refractivity contribution is 7.92. The third-order valence-electron chi connectivity index (χ3n) is 6.62. The summed E-state index contributed by atoms with van der Waals surface area (Å²) < 4.78 is 65.6. The zero-order chi connectivity index (χ0) is 29.0. The van der Waals surface area contributed by atoms with E-state index in [9.17, 15) is 36.3 Å². The Morgan fingerprint density at radius 3 is 2.46 bits per heavy atom. The number of aryl methyl sites for hydroxylation is 1. The number of hydrogen-bond donors (Lipinski definition) is 4. The average Bonchev–Trinajstić information content (AvgIpc) is 2.83. The molecule has 1 amide bonds. The number of aromatic nitrogens is 1. The minimum Gasteiger partial charge on any atom is -0.395 e. The van der Waals surface area contributed by atoms with E-state index in [1.165, 1.54) is 36.5 Å². The zero-order valence-corrected chi connectivity index (χ0v) is 23.5. The first-order valence-corrected chi connectivity index (χ1v) is 17.4. The Hall–Kier alpha value is -2.88. The average molecular weight is 591 g/mol. The first-order chi connectivity index (χ1) is 18.1. The maximum absolute atomic E-state index is 13.3. The number of carbonyl (C=O) groups is 1. The van der Waals surface area contributed by atoms with Crippen LogP contribution in [0.4, 0.5) is 30.2 Å². The van der Waals surface area contributed by atoms with Gasteiger partial charge in [-0.1, -0.05) is 13.1 Å². The quantitative estimate of drug-likeness (QED) is 0.312. The normalized spacial score (nSPS) is 16.5. The predicted octanol–water partition coefficient (Wildman–Crippen LogP) is 2.68. The zero-order valence-electron chi connectivity index (χ0n) is 21.7. The van der Waals surface area contributed by atoms with Crippen LogP contribution in [0.1, 0.15) is 16.8 Å². The molecule has 1 saturated heterocycles. The first-order valence-electron chi connectivity index (χ1n) is 12.4. The molecule has 1 aliphatic heterocycles. The van der Waals surface area contributed by atoms with E-state index in [0.29, 0.717) is 18.8 Å². The molecule has 0 aliphatic carbocycles. The number of alkyl halides is 3. The van der Waals surface area contributed by atoms with Crippen LogP contribution in [0.15, 0.2) is 41.3 Å². The van der Waals surface area contributed by atoms with Gasteiger partial charge in [-0.2, -0.15) is 13.2 Å². The molecule has 1 aliphatic rings. The smallest absolute Gasteiger partial charge is 0.395 e. The number of rotatable bonds is 10. The fourth-order valence-corrected chi connectivity index (χ4v) is 7.00. The summed E-state index contributed by atoms with van der Waals surface area (Å²) in [7, 11) is -5.20. The Balaban J connectivity index is 1.88. The van der Waals surface area contributed by atoms with Gasteiger partial charge in [0.1, 0.15) is 5.69 Å². The Labute approximate surface area is 225 Å². The summed E-state index contributed by atoms with van der Waals surface area (Å²) in [4.78, 5) is 28.1. The molecule has 0 unspecified atom stereocenters. The van der Waals surface area contributed by atoms with Gasteiger partial charge in [-0.3, -0.25) is 14.3 Å². The lowest BCUT2D eigenvalue weighted by molar-refractivity contribution is -0.206. The molecule has 4 N–H and O–H groups in total. The van der Waals surface area contributed by atoms with Gasteiger partial charge in [0.2, 0.25) is 10.0 Å². The van der Waals surface area contributed by atoms with E-state index >= 15 is 0 Å². The number of aliphatic hydroxyl groups excluding tert-OH is 2. The van der Waals surface area contributed by atoms with Gasteiger partial charge in [0, 0.05) is 32.3 Å². The minimum atomic E-state index is -4.81. The van der Waals surface area contributed by atoms with Crippen LogP contribution < -0.4 is 20.5 Å². The molecule has 39 heavy (non-hydrogen) atoms. The second-order valence-electron chi connectivity index (χ2n) is 10.2. The van der Waals surface area contributed by atoms with Gasteiger partial charge < -0.3 is 25.0 Å². The molecule has 2 aromatic rings. The minimum absolute atomic E-state index is 0.158. The molecule has 0 radical (unpaired) electrons. The highest BCUT2D eigenvalue weighted by atomic mass is 32.2. The first kappa shape index (κ1) is 30.7. The van der Waals surface area contributed by atoms with Gasteiger partial charge in [0.25, 0.3) is 11.5 Å². The van der Waals surface area contributed by atoms with Gasteiger partial charge in [0.15, 0.2) is 6.10 Å². The van der Waals surface area contributed by atoms with Crippen LogP contribution in [0.2, 0.25) is 25.2 Å². The fraction of sp³-hybridized carbons (Fsp3) is 0.500. The summed E-state index contributed by atoms with van der Waals surface area (Å²) in [6, 6.07) is 9.00. The lowest BCUT2D eigenvalue weighted by atomic mass is 10.1. The second-order valence-corrected chi connectivity index (χ2v) is 17.4. The Morgan fingerprint density at radius 1 is 1.18 bits per heavy atom. The van der Waals surface area contributed by atoms with Crippen molar-refractivity contribution >= 4 is 41.1 Å². The number of halogens is 3. The van der Waals surface area contributed by atoms with Crippen LogP contribution in [0.3, 0.4) is 0 Å². The summed E-state index contributed by atoms with van der Waals surface area (Å²) in [5, 5.41) is 20.8. The van der Waals surface area contributed by atoms with Gasteiger partial charge in [-0.05, 0) is 42.4 Å². The number of nitrogens with zero attached hydrogens (tertiary/aromatic N) is 2. The highest BCUT2D eigenvalue weighted by Crippen LogP contribution is 2.32. The maximum atomic E-state index is 13.3. The third kappa shape index (κ3) is 8.30. The predicted molar refractivity (Wildman–Crippen MR) is 146 cm³/mol. The molecule has 1 atom stereocenters. The summed E-state index contributed by atoms with van der Waals surface area (Å²) in [5.41, 5.74) is -0.0346. The largest absolute Gasteiger partial charge is 0.414 e. The van der Waals surface area contributed by atoms with Gasteiger partial charge in [0.05, 0.1) is 37.4 Å². The van der Waals surface area contributed by atoms with E-state index in [2.05, 4.69) is 23.1 Å². The topological polar surface area (TPSA) is 141 Å². The number of aliphatic hydroxyl groups is 2. The van der Waals surface area contributed by atoms with Crippen molar-refractivity contribution in [3.63, 3.8) is 0 Å². The SMILES string of the molecule is C[Si]1(C)CCN(c2cc(NS(=O)(=O)CCO)ccc2C(=O)Nc2cccn(CC[C@@H](O)C(F)(F)F)c2=O)CC1. The monoisotopic (exact) mass is 590 g/mol. The van der Waals surface area contributed by atoms with Crippen LogP contribution in [0.5, 0.6) is 0 Å². The van der Waals surface area contributed by atoms with Crippen LogP contribution in [0, 0.1) is 0 Å². The Kier molecular flexibility index (Phi) is 9.51. The fourth-order valence-electron chi connectivity index (χ4n) is 4.18. The van der Waals surface area contributed by atoms with E-state index in [1.807, 2.05) is 4.90 Å². The molecule has 2 heterocycles. The van der Waals surface area contributed by atoms with Crippen LogP contribution in [0.25, 0.3) is 0 Å². The number of pyridine rings is 1. The summed E-state index contributed by atoms with van der Waals surface area (Å²) in [5.74, 6) is -1.14. The number of sulfonamides is 1. The van der Waals surface area contributed by atoms with Crippen molar-refractivity contribution < 1.29 is 36.6 Å². The number of anilines is 3. The Morgan fingerprint density at radius 2 is 1.85 bits per heavy atom. The molecule has 1 aromatic carbocycles. The molecule has 3 rings (SSSR count). The van der Waals surface area contributed by atoms with Gasteiger partial charge >= 0.3 is 6.18 Å². The third-order valence-corrected chi connectivity index (χ3v) is 11.0. The molecule has 0 saturated carbocycles. The van der Waals surface area contributed by atoms with Gasteiger partial charge in [-0.25, -0.2) is 8.42 Å². The van der Waals surface area contributed by atoms with Crippen LogP contribution >= 0.6 is 0 Å². The summed E-state index contributed by atoms with van der Waals surface area (Å²) in [6.45, 7) is 4.89. The lowest BCUT2D eigenvalue weighted by Crippen LogP contribution is -2.43. The number of carbonyl (C=O) groups excluding carboxylic acids is 1. The molecule has 0 spiro atoms. The van der Waals surface area contributed by atoms with Crippen LogP contribution in [-0.4, -0.2) is 74.9 Å². The number of hydrogen-bond acceptors (Lipinski definition) is 7. The molecule has 1 fully saturated rings. The summed E-state index contributed by atoms with van der Waals surface area (Å²) >= 11 is 0. The van der Waals surface area contributed by atoms with E-state index in [0.717, 1.165) is 16.7 Å². The van der Waals surface area contributed by atoms with Gasteiger partial charge in [-0.15, -0.1) is 0 Å². The van der Waals surface area contributed by atoms with Crippen LogP contribution in [-0.2, 0) is 16.6 Å².